The molecule has 0 radical (unpaired) electrons. The lowest BCUT2D eigenvalue weighted by atomic mass is 9.90. The number of imidazole rings is 1. The lowest BCUT2D eigenvalue weighted by Crippen LogP contribution is -2.41. The van der Waals surface area contributed by atoms with Gasteiger partial charge < -0.3 is 20.3 Å². The van der Waals surface area contributed by atoms with Crippen LogP contribution in [-0.2, 0) is 11.2 Å². The highest BCUT2D eigenvalue weighted by molar-refractivity contribution is 5.79. The van der Waals surface area contributed by atoms with E-state index >= 15 is 0 Å². The molecule has 0 aromatic carbocycles. The molecular formula is C12H18N4O3. The lowest BCUT2D eigenvalue weighted by molar-refractivity contribution is -0.146. The number of carbonyl (C=O) groups is 2. The molecule has 0 saturated carbocycles. The average Bonchev–Trinajstić information content (AvgIpc) is 2.99. The van der Waals surface area contributed by atoms with Crippen LogP contribution >= 0.6 is 0 Å². The summed E-state index contributed by atoms with van der Waals surface area (Å²) in [6.45, 7) is 2.89. The molecule has 1 aromatic heterocycles. The topological polar surface area (TPSA) is 98.3 Å². The van der Waals surface area contributed by atoms with Crippen molar-refractivity contribution < 1.29 is 14.7 Å². The number of nitrogens with one attached hydrogen (secondary N) is 2. The number of carboxylic acid groups (broad SMARTS) is 1. The van der Waals surface area contributed by atoms with Crippen LogP contribution in [0.15, 0.2) is 12.4 Å². The van der Waals surface area contributed by atoms with E-state index in [2.05, 4.69) is 15.3 Å². The van der Waals surface area contributed by atoms with Gasteiger partial charge in [0.2, 0.25) is 0 Å². The molecule has 1 atom stereocenters. The highest BCUT2D eigenvalue weighted by atomic mass is 16.4. The van der Waals surface area contributed by atoms with Crippen LogP contribution in [0, 0.1) is 5.41 Å². The Morgan fingerprint density at radius 3 is 3.00 bits per heavy atom. The number of hydrogen-bond donors (Lipinski definition) is 3. The van der Waals surface area contributed by atoms with Gasteiger partial charge in [0.25, 0.3) is 0 Å². The Labute approximate surface area is 111 Å². The van der Waals surface area contributed by atoms with Gasteiger partial charge in [-0.1, -0.05) is 0 Å². The number of carbonyl (C=O) groups excluding carboxylic acids is 1. The molecule has 1 unspecified atom stereocenters. The first-order valence-electron chi connectivity index (χ1n) is 6.26. The predicted molar refractivity (Wildman–Crippen MR) is 67.6 cm³/mol. The van der Waals surface area contributed by atoms with E-state index in [1.165, 1.54) is 0 Å². The second-order valence-electron chi connectivity index (χ2n) is 5.06. The molecule has 19 heavy (non-hydrogen) atoms. The van der Waals surface area contributed by atoms with Gasteiger partial charge in [-0.3, -0.25) is 4.79 Å². The van der Waals surface area contributed by atoms with Gasteiger partial charge in [0, 0.05) is 38.4 Å². The van der Waals surface area contributed by atoms with E-state index in [0.29, 0.717) is 25.9 Å². The summed E-state index contributed by atoms with van der Waals surface area (Å²) in [6.07, 6.45) is 4.52. The maximum absolute atomic E-state index is 11.9. The number of hydrogen-bond acceptors (Lipinski definition) is 3. The van der Waals surface area contributed by atoms with E-state index in [0.717, 1.165) is 5.82 Å². The predicted octanol–water partition coefficient (Wildman–Crippen LogP) is 0.458. The second kappa shape index (κ2) is 5.29. The number of aromatic nitrogens is 2. The standard InChI is InChI=1S/C12H18N4O3/c1-12(10(17)18)3-7-16(8-12)11(19)15-4-2-9-13-5-6-14-9/h5-6H,2-4,7-8H2,1H3,(H,13,14)(H,15,19)(H,17,18). The Hall–Kier alpha value is -2.05. The third kappa shape index (κ3) is 3.04. The van der Waals surface area contributed by atoms with E-state index in [4.69, 9.17) is 5.11 Å². The van der Waals surface area contributed by atoms with Crippen molar-refractivity contribution in [1.82, 2.24) is 20.2 Å². The number of likely N-dealkylation sites (tertiary alicyclic amines) is 1. The molecule has 1 aliphatic rings. The van der Waals surface area contributed by atoms with Crippen LogP contribution in [0.5, 0.6) is 0 Å². The highest BCUT2D eigenvalue weighted by Crippen LogP contribution is 2.29. The van der Waals surface area contributed by atoms with E-state index in [-0.39, 0.29) is 12.6 Å². The molecule has 2 rings (SSSR count). The number of H-pyrrole nitrogens is 1. The third-order valence-electron chi connectivity index (χ3n) is 3.47. The molecule has 2 amide bonds. The summed E-state index contributed by atoms with van der Waals surface area (Å²) in [5.41, 5.74) is -0.821. The Balaban J connectivity index is 1.77. The zero-order valence-electron chi connectivity index (χ0n) is 10.8. The van der Waals surface area contributed by atoms with Crippen LogP contribution in [-0.4, -0.2) is 51.6 Å². The van der Waals surface area contributed by atoms with E-state index in [9.17, 15) is 9.59 Å². The minimum Gasteiger partial charge on any atom is -0.481 e. The molecular weight excluding hydrogens is 248 g/mol. The number of aliphatic carboxylic acids is 1. The number of aromatic amines is 1. The number of amides is 2. The molecule has 1 aliphatic heterocycles. The molecule has 2 heterocycles. The van der Waals surface area contributed by atoms with Crippen molar-refractivity contribution in [3.8, 4) is 0 Å². The lowest BCUT2D eigenvalue weighted by Gasteiger charge is -2.20. The molecule has 0 spiro atoms. The molecule has 3 N–H and O–H groups in total. The number of urea groups is 1. The molecule has 1 saturated heterocycles. The van der Waals surface area contributed by atoms with Crippen molar-refractivity contribution >= 4 is 12.0 Å². The summed E-state index contributed by atoms with van der Waals surface area (Å²) >= 11 is 0. The van der Waals surface area contributed by atoms with Gasteiger partial charge >= 0.3 is 12.0 Å². The minimum atomic E-state index is -0.849. The van der Waals surface area contributed by atoms with E-state index in [1.54, 1.807) is 24.2 Å². The van der Waals surface area contributed by atoms with E-state index in [1.807, 2.05) is 0 Å². The zero-order valence-corrected chi connectivity index (χ0v) is 10.8. The molecule has 7 heteroatoms. The quantitative estimate of drug-likeness (QED) is 0.737. The molecule has 104 valence electrons. The van der Waals surface area contributed by atoms with Crippen molar-refractivity contribution in [3.63, 3.8) is 0 Å². The minimum absolute atomic E-state index is 0.212. The summed E-state index contributed by atoms with van der Waals surface area (Å²) in [5, 5.41) is 11.9. The number of carboxylic acids is 1. The molecule has 1 aromatic rings. The van der Waals surface area contributed by atoms with Crippen LogP contribution in [0.4, 0.5) is 4.79 Å². The maximum atomic E-state index is 11.9. The van der Waals surface area contributed by atoms with Gasteiger partial charge in [-0.2, -0.15) is 0 Å². The highest BCUT2D eigenvalue weighted by Gasteiger charge is 2.42. The number of rotatable bonds is 4. The SMILES string of the molecule is CC1(C(=O)O)CCN(C(=O)NCCc2ncc[nH]2)C1. The van der Waals surface area contributed by atoms with Crippen molar-refractivity contribution in [2.24, 2.45) is 5.41 Å². The Kier molecular flexibility index (Phi) is 3.73. The summed E-state index contributed by atoms with van der Waals surface area (Å²) in [7, 11) is 0. The summed E-state index contributed by atoms with van der Waals surface area (Å²) < 4.78 is 0. The maximum Gasteiger partial charge on any atom is 0.317 e. The van der Waals surface area contributed by atoms with Crippen LogP contribution in [0.3, 0.4) is 0 Å². The fraction of sp³-hybridized carbons (Fsp3) is 0.583. The van der Waals surface area contributed by atoms with Gasteiger partial charge in [0.1, 0.15) is 5.82 Å². The van der Waals surface area contributed by atoms with Crippen molar-refractivity contribution in [2.75, 3.05) is 19.6 Å². The first kappa shape index (κ1) is 13.4. The largest absolute Gasteiger partial charge is 0.481 e. The summed E-state index contributed by atoms with van der Waals surface area (Å²) in [6, 6.07) is -0.212. The van der Waals surface area contributed by atoms with Gasteiger partial charge in [0.05, 0.1) is 5.41 Å². The van der Waals surface area contributed by atoms with Crippen molar-refractivity contribution in [2.45, 2.75) is 19.8 Å². The molecule has 0 aliphatic carbocycles. The normalized spacial score (nSPS) is 22.5. The van der Waals surface area contributed by atoms with Crippen LogP contribution in [0.25, 0.3) is 0 Å². The Bertz CT molecular complexity index is 460. The molecule has 1 fully saturated rings. The monoisotopic (exact) mass is 266 g/mol. The van der Waals surface area contributed by atoms with E-state index < -0.39 is 11.4 Å². The fourth-order valence-electron chi connectivity index (χ4n) is 2.14. The number of nitrogens with zero attached hydrogens (tertiary/aromatic N) is 2. The van der Waals surface area contributed by atoms with Gasteiger partial charge in [-0.15, -0.1) is 0 Å². The van der Waals surface area contributed by atoms with Crippen LogP contribution in [0.2, 0.25) is 0 Å². The van der Waals surface area contributed by atoms with Gasteiger partial charge in [-0.25, -0.2) is 9.78 Å². The fourth-order valence-corrected chi connectivity index (χ4v) is 2.14. The van der Waals surface area contributed by atoms with Gasteiger partial charge in [0.15, 0.2) is 0 Å². The Morgan fingerprint density at radius 2 is 2.42 bits per heavy atom. The van der Waals surface area contributed by atoms with Crippen LogP contribution in [0.1, 0.15) is 19.2 Å². The average molecular weight is 266 g/mol. The molecule has 0 bridgehead atoms. The Morgan fingerprint density at radius 1 is 1.63 bits per heavy atom. The van der Waals surface area contributed by atoms with Crippen molar-refractivity contribution in [1.29, 1.82) is 0 Å². The van der Waals surface area contributed by atoms with Gasteiger partial charge in [-0.05, 0) is 13.3 Å². The third-order valence-corrected chi connectivity index (χ3v) is 3.47. The molecule has 7 nitrogen and oxygen atoms in total. The second-order valence-corrected chi connectivity index (χ2v) is 5.06. The first-order valence-corrected chi connectivity index (χ1v) is 6.26. The zero-order chi connectivity index (χ0) is 13.9. The summed E-state index contributed by atoms with van der Waals surface area (Å²) in [5.74, 6) is -0.0320. The smallest absolute Gasteiger partial charge is 0.317 e. The van der Waals surface area contributed by atoms with Crippen molar-refractivity contribution in [3.05, 3.63) is 18.2 Å². The van der Waals surface area contributed by atoms with Crippen LogP contribution < -0.4 is 5.32 Å². The summed E-state index contributed by atoms with van der Waals surface area (Å²) in [4.78, 5) is 31.5. The first-order chi connectivity index (χ1) is 9.01.